The summed E-state index contributed by atoms with van der Waals surface area (Å²) in [6.45, 7) is 0. The van der Waals surface area contributed by atoms with Crippen LogP contribution in [-0.4, -0.2) is 4.89 Å². The lowest BCUT2D eigenvalue weighted by atomic mass is 9.80. The highest BCUT2D eigenvalue weighted by molar-refractivity contribution is 7.64. The van der Waals surface area contributed by atoms with Crippen LogP contribution < -0.4 is 18.1 Å². The highest BCUT2D eigenvalue weighted by atomic mass is 31.2. The second kappa shape index (κ2) is 11.5. The zero-order valence-electron chi connectivity index (χ0n) is 27.8. The molecule has 49 heavy (non-hydrogen) atoms. The van der Waals surface area contributed by atoms with Crippen molar-refractivity contribution in [1.29, 1.82) is 0 Å². The Morgan fingerprint density at radius 1 is 0.429 bits per heavy atom. The van der Waals surface area contributed by atoms with Crippen molar-refractivity contribution in [3.63, 3.8) is 0 Å². The van der Waals surface area contributed by atoms with E-state index in [1.807, 2.05) is 24.3 Å². The van der Waals surface area contributed by atoms with Crippen LogP contribution >= 0.6 is 15.5 Å². The molecule has 0 fully saturated rings. The van der Waals surface area contributed by atoms with Gasteiger partial charge in [0.1, 0.15) is 23.0 Å². The van der Waals surface area contributed by atoms with E-state index in [9.17, 15) is 4.89 Å². The van der Waals surface area contributed by atoms with E-state index >= 15 is 4.57 Å². The van der Waals surface area contributed by atoms with E-state index < -0.39 is 15.5 Å². The Kier molecular flexibility index (Phi) is 7.13. The lowest BCUT2D eigenvalue weighted by Crippen LogP contribution is -2.09. The van der Waals surface area contributed by atoms with E-state index in [1.54, 1.807) is 0 Å². The average Bonchev–Trinajstić information content (AvgIpc) is 3.34. The van der Waals surface area contributed by atoms with Crippen molar-refractivity contribution in [2.45, 2.75) is 103 Å². The fourth-order valence-electron chi connectivity index (χ4n) is 9.38. The molecule has 0 radical (unpaired) electrons. The molecule has 4 aromatic rings. The molecule has 10 rings (SSSR count). The van der Waals surface area contributed by atoms with Crippen molar-refractivity contribution in [3.05, 3.63) is 93.0 Å². The summed E-state index contributed by atoms with van der Waals surface area (Å²) in [5.41, 5.74) is 14.2. The number of hydrogen-bond acceptors (Lipinski definition) is 5. The van der Waals surface area contributed by atoms with Crippen LogP contribution in [0.25, 0.3) is 22.3 Å². The molecule has 0 amide bonds. The first kappa shape index (κ1) is 30.3. The van der Waals surface area contributed by atoms with Gasteiger partial charge in [0.25, 0.3) is 0 Å². The summed E-state index contributed by atoms with van der Waals surface area (Å²) in [5, 5.41) is 0. The Morgan fingerprint density at radius 3 is 1.04 bits per heavy atom. The minimum atomic E-state index is -4.44. The van der Waals surface area contributed by atoms with Gasteiger partial charge in [-0.25, -0.2) is 4.57 Å². The van der Waals surface area contributed by atoms with Crippen molar-refractivity contribution in [2.75, 3.05) is 0 Å². The molecule has 2 aliphatic heterocycles. The van der Waals surface area contributed by atoms with Gasteiger partial charge in [-0.2, -0.15) is 0 Å². The molecule has 6 aliphatic rings. The van der Waals surface area contributed by atoms with Crippen molar-refractivity contribution in [1.82, 2.24) is 0 Å². The number of fused-ring (bicyclic) bond motifs is 14. The summed E-state index contributed by atoms with van der Waals surface area (Å²) >= 11 is 0. The summed E-state index contributed by atoms with van der Waals surface area (Å²) < 4.78 is 45.5. The molecule has 4 aliphatic carbocycles. The minimum Gasteiger partial charge on any atom is -0.409 e. The van der Waals surface area contributed by atoms with E-state index in [0.29, 0.717) is 23.0 Å². The van der Waals surface area contributed by atoms with Crippen LogP contribution in [0.4, 0.5) is 0 Å². The molecule has 0 saturated heterocycles. The molecule has 4 aromatic carbocycles. The fraction of sp³-hybridized carbons (Fsp3) is 0.400. The highest BCUT2D eigenvalue weighted by Gasteiger charge is 2.44. The summed E-state index contributed by atoms with van der Waals surface area (Å²) in [5.74, 6) is 2.00. The van der Waals surface area contributed by atoms with E-state index in [2.05, 4.69) is 28.8 Å². The van der Waals surface area contributed by atoms with Crippen LogP contribution in [0.5, 0.6) is 23.0 Å². The number of rotatable bonds is 1. The van der Waals surface area contributed by atoms with Crippen molar-refractivity contribution >= 4 is 15.5 Å². The van der Waals surface area contributed by atoms with E-state index in [-0.39, 0.29) is 0 Å². The van der Waals surface area contributed by atoms with Crippen LogP contribution in [0.2, 0.25) is 0 Å². The molecule has 0 bridgehead atoms. The molecule has 2 heterocycles. The van der Waals surface area contributed by atoms with Crippen LogP contribution in [0.3, 0.4) is 0 Å². The highest BCUT2D eigenvalue weighted by Crippen LogP contribution is 2.67. The first-order valence-electron chi connectivity index (χ1n) is 18.3. The number of hydrogen-bond donors (Lipinski definition) is 1. The summed E-state index contributed by atoms with van der Waals surface area (Å²) in [7, 11) is -8.70. The van der Waals surface area contributed by atoms with Gasteiger partial charge in [-0.05, 0) is 172 Å². The molecule has 0 spiro atoms. The number of nitrogens with zero attached hydrogens (tertiary/aromatic N) is 1. The van der Waals surface area contributed by atoms with Crippen molar-refractivity contribution in [3.8, 4) is 45.3 Å². The van der Waals surface area contributed by atoms with Gasteiger partial charge >= 0.3 is 15.5 Å². The van der Waals surface area contributed by atoms with E-state index in [1.165, 1.54) is 44.5 Å². The molecule has 0 atom stereocenters. The standard InChI is InChI=1S/C40H41NO6P2/c42-48(44-33-21-17-25-9-1-5-13-29(25)37(33)38-30-14-6-2-10-26(30)18-22-34(38)45-48)41-49(43)46-35-23-19-27-11-3-7-15-31(27)39(35)40-32-16-8-4-12-28(32)20-24-36(40)47-49/h17-24,42H,1-16H2. The quantitative estimate of drug-likeness (QED) is 0.200. The Balaban J connectivity index is 1.17. The second-order valence-electron chi connectivity index (χ2n) is 14.5. The van der Waals surface area contributed by atoms with Gasteiger partial charge in [0.05, 0.1) is 0 Å². The maximum absolute atomic E-state index is 15.1. The molecule has 252 valence electrons. The Bertz CT molecular complexity index is 2030. The topological polar surface area (TPSA) is 86.6 Å². The van der Waals surface area contributed by atoms with Gasteiger partial charge in [-0.1, -0.05) is 28.8 Å². The molecule has 7 nitrogen and oxygen atoms in total. The van der Waals surface area contributed by atoms with E-state index in [0.717, 1.165) is 125 Å². The van der Waals surface area contributed by atoms with Crippen LogP contribution in [0, 0.1) is 0 Å². The maximum atomic E-state index is 15.1. The van der Waals surface area contributed by atoms with Crippen LogP contribution in [0.15, 0.2) is 53.0 Å². The molecule has 1 N–H and O–H groups in total. The van der Waals surface area contributed by atoms with Gasteiger partial charge in [0, 0.05) is 22.3 Å². The van der Waals surface area contributed by atoms with Crippen LogP contribution in [0.1, 0.15) is 95.9 Å². The van der Waals surface area contributed by atoms with Crippen LogP contribution in [-0.2, 0) is 55.9 Å². The predicted octanol–water partition coefficient (Wildman–Crippen LogP) is 10.8. The average molecular weight is 694 g/mol. The lowest BCUT2D eigenvalue weighted by molar-refractivity contribution is 0.360. The zero-order chi connectivity index (χ0) is 32.7. The van der Waals surface area contributed by atoms with Gasteiger partial charge in [0.2, 0.25) is 0 Å². The predicted molar refractivity (Wildman–Crippen MR) is 192 cm³/mol. The Labute approximate surface area is 287 Å². The molecular formula is C40H41NO6P2. The zero-order valence-corrected chi connectivity index (χ0v) is 29.6. The smallest absolute Gasteiger partial charge is 0.409 e. The van der Waals surface area contributed by atoms with Gasteiger partial charge < -0.3 is 18.1 Å². The molecule has 0 unspecified atom stereocenters. The normalized spacial score (nSPS) is 20.5. The Morgan fingerprint density at radius 2 is 0.714 bits per heavy atom. The monoisotopic (exact) mass is 693 g/mol. The maximum Gasteiger partial charge on any atom is 0.569 e. The van der Waals surface area contributed by atoms with Crippen molar-refractivity contribution < 1.29 is 27.6 Å². The van der Waals surface area contributed by atoms with Gasteiger partial charge in [-0.15, -0.1) is 0 Å². The molecule has 9 heteroatoms. The molecule has 0 aromatic heterocycles. The largest absolute Gasteiger partial charge is 0.569 e. The van der Waals surface area contributed by atoms with Gasteiger partial charge in [0.15, 0.2) is 0 Å². The van der Waals surface area contributed by atoms with E-state index in [4.69, 9.17) is 18.1 Å². The first-order valence-corrected chi connectivity index (χ1v) is 21.3. The number of benzene rings is 4. The third kappa shape index (κ3) is 5.02. The minimum absolute atomic E-state index is 0.482. The molecular weight excluding hydrogens is 652 g/mol. The lowest BCUT2D eigenvalue weighted by Gasteiger charge is -2.25. The van der Waals surface area contributed by atoms with Crippen molar-refractivity contribution in [2.24, 2.45) is 4.52 Å². The third-order valence-electron chi connectivity index (χ3n) is 11.6. The summed E-state index contributed by atoms with van der Waals surface area (Å²) in [6.07, 6.45) is 16.8. The summed E-state index contributed by atoms with van der Waals surface area (Å²) in [4.78, 5) is 12.4. The first-order chi connectivity index (χ1) is 24.0. The SMILES string of the molecule is O=P1(N=P2(O)Oc3ccc4c(c3-c3c(ccc5c3CCCC5)O2)CCCC4)Oc2ccc3c(c2-c2c(ccc4c2CCCC4)O1)CCCC3. The Hall–Kier alpha value is -3.50. The number of aryl methyl sites for hydroxylation is 4. The second-order valence-corrected chi connectivity index (χ2v) is 17.9. The molecule has 0 saturated carbocycles. The van der Waals surface area contributed by atoms with Gasteiger partial charge in [-0.3, -0.25) is 4.89 Å². The fourth-order valence-corrected chi connectivity index (χ4v) is 12.8. The third-order valence-corrected chi connectivity index (χ3v) is 15.1. The summed E-state index contributed by atoms with van der Waals surface area (Å²) in [6, 6.07) is 16.1.